The van der Waals surface area contributed by atoms with Gasteiger partial charge in [0, 0.05) is 12.3 Å². The Hall–Kier alpha value is -2.15. The number of anilines is 1. The Bertz CT molecular complexity index is 391. The molecule has 7 heteroatoms. The van der Waals surface area contributed by atoms with Gasteiger partial charge in [0.2, 0.25) is 5.56 Å². The Morgan fingerprint density at radius 2 is 2.00 bits per heavy atom. The minimum absolute atomic E-state index is 0.300. The minimum Gasteiger partial charge on any atom is -0.327 e. The fourth-order valence-electron chi connectivity index (χ4n) is 0.742. The molecule has 74 valence electrons. The Morgan fingerprint density at radius 1 is 1.29 bits per heavy atom. The average Bonchev–Trinajstić information content (AvgIpc) is 2.20. The molecule has 14 heavy (non-hydrogen) atoms. The van der Waals surface area contributed by atoms with Crippen LogP contribution in [0, 0.1) is 0 Å². The number of aromatic nitrogens is 1. The topological polar surface area (TPSA) is 117 Å². The van der Waals surface area contributed by atoms with Gasteiger partial charge in [-0.25, -0.2) is 5.84 Å². The van der Waals surface area contributed by atoms with Crippen LogP contribution in [0.5, 0.6) is 0 Å². The van der Waals surface area contributed by atoms with E-state index in [1.165, 1.54) is 18.3 Å². The fourth-order valence-corrected chi connectivity index (χ4v) is 0.742. The van der Waals surface area contributed by atoms with Crippen molar-refractivity contribution in [2.45, 2.75) is 0 Å². The Balaban J connectivity index is 2.70. The van der Waals surface area contributed by atoms with Gasteiger partial charge in [0.15, 0.2) is 0 Å². The highest BCUT2D eigenvalue weighted by Gasteiger charge is 2.11. The first-order valence-electron chi connectivity index (χ1n) is 3.64. The van der Waals surface area contributed by atoms with Crippen molar-refractivity contribution in [1.29, 1.82) is 0 Å². The summed E-state index contributed by atoms with van der Waals surface area (Å²) in [6.45, 7) is 0. The fraction of sp³-hybridized carbons (Fsp3) is 0. The van der Waals surface area contributed by atoms with Gasteiger partial charge in [0.1, 0.15) is 0 Å². The molecule has 2 amide bonds. The average molecular weight is 196 g/mol. The Labute approximate surface area is 78.3 Å². The second-order valence-corrected chi connectivity index (χ2v) is 2.37. The Kier molecular flexibility index (Phi) is 2.97. The molecule has 0 saturated carbocycles. The van der Waals surface area contributed by atoms with E-state index in [1.54, 1.807) is 5.43 Å². The third kappa shape index (κ3) is 2.42. The third-order valence-electron chi connectivity index (χ3n) is 1.38. The van der Waals surface area contributed by atoms with Crippen molar-refractivity contribution in [1.82, 2.24) is 10.4 Å². The van der Waals surface area contributed by atoms with Crippen molar-refractivity contribution in [2.24, 2.45) is 5.84 Å². The van der Waals surface area contributed by atoms with Crippen LogP contribution in [0.3, 0.4) is 0 Å². The van der Waals surface area contributed by atoms with Crippen molar-refractivity contribution in [3.8, 4) is 0 Å². The highest BCUT2D eigenvalue weighted by Crippen LogP contribution is 1.99. The summed E-state index contributed by atoms with van der Waals surface area (Å²) in [5.74, 6) is 2.87. The van der Waals surface area contributed by atoms with Crippen molar-refractivity contribution >= 4 is 17.5 Å². The minimum atomic E-state index is -0.962. The number of amides is 2. The monoisotopic (exact) mass is 196 g/mol. The standard InChI is InChI=1S/C7H8N4O3/c8-11-7(14)6(13)10-4-1-2-5(12)9-3-4/h1-3H,8H2,(H,9,12)(H,10,13)(H,11,14). The molecule has 5 N–H and O–H groups in total. The number of nitrogens with two attached hydrogens (primary N) is 1. The largest absolute Gasteiger partial charge is 0.327 e. The van der Waals surface area contributed by atoms with E-state index in [9.17, 15) is 14.4 Å². The summed E-state index contributed by atoms with van der Waals surface area (Å²) in [4.78, 5) is 34.6. The van der Waals surface area contributed by atoms with Crippen molar-refractivity contribution in [3.63, 3.8) is 0 Å². The first kappa shape index (κ1) is 9.93. The molecule has 0 radical (unpaired) electrons. The number of rotatable bonds is 1. The van der Waals surface area contributed by atoms with Gasteiger partial charge >= 0.3 is 11.8 Å². The highest BCUT2D eigenvalue weighted by molar-refractivity contribution is 6.39. The number of nitrogens with one attached hydrogen (secondary N) is 3. The number of carbonyl (C=O) groups excluding carboxylic acids is 2. The molecule has 0 unspecified atom stereocenters. The van der Waals surface area contributed by atoms with E-state index in [0.29, 0.717) is 5.69 Å². The molecule has 1 aromatic rings. The first-order chi connectivity index (χ1) is 6.63. The molecule has 7 nitrogen and oxygen atoms in total. The van der Waals surface area contributed by atoms with Crippen LogP contribution in [-0.2, 0) is 9.59 Å². The number of pyridine rings is 1. The number of H-pyrrole nitrogens is 1. The summed E-state index contributed by atoms with van der Waals surface area (Å²) in [7, 11) is 0. The van der Waals surface area contributed by atoms with E-state index < -0.39 is 11.8 Å². The molecule has 0 fully saturated rings. The maximum atomic E-state index is 10.9. The second-order valence-electron chi connectivity index (χ2n) is 2.37. The van der Waals surface area contributed by atoms with Crippen LogP contribution in [0.1, 0.15) is 0 Å². The zero-order valence-corrected chi connectivity index (χ0v) is 7.03. The summed E-state index contributed by atoms with van der Waals surface area (Å²) in [5.41, 5.74) is 1.68. The van der Waals surface area contributed by atoms with Crippen LogP contribution >= 0.6 is 0 Å². The van der Waals surface area contributed by atoms with E-state index in [2.05, 4.69) is 10.3 Å². The highest BCUT2D eigenvalue weighted by atomic mass is 16.2. The zero-order chi connectivity index (χ0) is 10.6. The van der Waals surface area contributed by atoms with Gasteiger partial charge < -0.3 is 10.3 Å². The number of hydrogen-bond acceptors (Lipinski definition) is 4. The number of hydrazine groups is 1. The molecule has 0 atom stereocenters. The summed E-state index contributed by atoms with van der Waals surface area (Å²) >= 11 is 0. The number of carbonyl (C=O) groups is 2. The molecule has 0 saturated heterocycles. The molecule has 0 aliphatic rings. The predicted octanol–water partition coefficient (Wildman–Crippen LogP) is -1.70. The van der Waals surface area contributed by atoms with Crippen molar-refractivity contribution in [2.75, 3.05) is 5.32 Å². The lowest BCUT2D eigenvalue weighted by Gasteiger charge is -2.01. The smallest absolute Gasteiger partial charge is 0.323 e. The van der Waals surface area contributed by atoms with Crippen LogP contribution < -0.4 is 22.1 Å². The van der Waals surface area contributed by atoms with Gasteiger partial charge in [0.25, 0.3) is 0 Å². The van der Waals surface area contributed by atoms with E-state index in [4.69, 9.17) is 5.84 Å². The molecule has 0 aromatic carbocycles. The molecule has 0 bridgehead atoms. The normalized spacial score (nSPS) is 9.21. The van der Waals surface area contributed by atoms with Crippen LogP contribution in [0.15, 0.2) is 23.1 Å². The van der Waals surface area contributed by atoms with Crippen LogP contribution in [0.4, 0.5) is 5.69 Å². The molecule has 1 heterocycles. The lowest BCUT2D eigenvalue weighted by Crippen LogP contribution is -2.39. The maximum Gasteiger partial charge on any atom is 0.323 e. The molecule has 0 spiro atoms. The summed E-state index contributed by atoms with van der Waals surface area (Å²) in [6, 6.07) is 2.58. The lowest BCUT2D eigenvalue weighted by molar-refractivity contribution is -0.136. The molecule has 0 aliphatic carbocycles. The molecular weight excluding hydrogens is 188 g/mol. The maximum absolute atomic E-state index is 10.9. The van der Waals surface area contributed by atoms with Gasteiger partial charge in [-0.15, -0.1) is 0 Å². The van der Waals surface area contributed by atoms with Gasteiger partial charge in [-0.2, -0.15) is 0 Å². The summed E-state index contributed by atoms with van der Waals surface area (Å²) in [6.07, 6.45) is 1.27. The number of aromatic amines is 1. The van der Waals surface area contributed by atoms with Crippen LogP contribution in [-0.4, -0.2) is 16.8 Å². The van der Waals surface area contributed by atoms with Crippen LogP contribution in [0.25, 0.3) is 0 Å². The quantitative estimate of drug-likeness (QED) is 0.185. The van der Waals surface area contributed by atoms with E-state index >= 15 is 0 Å². The van der Waals surface area contributed by atoms with E-state index in [-0.39, 0.29) is 5.56 Å². The number of hydrogen-bond donors (Lipinski definition) is 4. The second kappa shape index (κ2) is 4.19. The Morgan fingerprint density at radius 3 is 2.50 bits per heavy atom. The molecule has 0 aliphatic heterocycles. The van der Waals surface area contributed by atoms with E-state index in [1.807, 2.05) is 0 Å². The molecular formula is C7H8N4O3. The van der Waals surface area contributed by atoms with Gasteiger partial charge in [0.05, 0.1) is 5.69 Å². The SMILES string of the molecule is NNC(=O)C(=O)Nc1ccc(=O)[nH]c1. The zero-order valence-electron chi connectivity index (χ0n) is 7.03. The van der Waals surface area contributed by atoms with Gasteiger partial charge in [-0.3, -0.25) is 19.8 Å². The first-order valence-corrected chi connectivity index (χ1v) is 3.64. The summed E-state index contributed by atoms with van der Waals surface area (Å²) in [5, 5.41) is 2.22. The molecule has 1 aromatic heterocycles. The van der Waals surface area contributed by atoms with Crippen molar-refractivity contribution in [3.05, 3.63) is 28.7 Å². The predicted molar refractivity (Wildman–Crippen MR) is 48.0 cm³/mol. The van der Waals surface area contributed by atoms with Gasteiger partial charge in [-0.1, -0.05) is 0 Å². The molecule has 1 rings (SSSR count). The van der Waals surface area contributed by atoms with Gasteiger partial charge in [-0.05, 0) is 6.07 Å². The van der Waals surface area contributed by atoms with Crippen molar-refractivity contribution < 1.29 is 9.59 Å². The van der Waals surface area contributed by atoms with E-state index in [0.717, 1.165) is 0 Å². The lowest BCUT2D eigenvalue weighted by atomic mass is 10.4. The van der Waals surface area contributed by atoms with Crippen LogP contribution in [0.2, 0.25) is 0 Å². The summed E-state index contributed by atoms with van der Waals surface area (Å²) < 4.78 is 0. The third-order valence-corrected chi connectivity index (χ3v) is 1.38.